The number of nitriles is 1. The lowest BCUT2D eigenvalue weighted by atomic mass is 9.82. The van der Waals surface area contributed by atoms with Gasteiger partial charge in [-0.2, -0.15) is 9.65 Å². The Balaban J connectivity index is 1.58. The van der Waals surface area contributed by atoms with Crippen molar-refractivity contribution in [3.63, 3.8) is 0 Å². The molecule has 0 bridgehead atoms. The molecule has 0 atom stereocenters. The summed E-state index contributed by atoms with van der Waals surface area (Å²) in [4.78, 5) is 12.3. The Labute approximate surface area is 175 Å². The van der Waals surface area contributed by atoms with E-state index in [0.717, 1.165) is 62.8 Å². The van der Waals surface area contributed by atoms with Crippen molar-refractivity contribution in [1.82, 2.24) is 0 Å². The van der Waals surface area contributed by atoms with Crippen LogP contribution in [-0.4, -0.2) is 18.7 Å². The van der Waals surface area contributed by atoms with E-state index in [2.05, 4.69) is 6.92 Å². The Kier molecular flexibility index (Phi) is 7.53. The second-order valence-electron chi connectivity index (χ2n) is 7.56. The van der Waals surface area contributed by atoms with Crippen LogP contribution in [0.1, 0.15) is 72.9 Å². The standard InChI is InChI=1S/C24H25F2NO3/c1-2-3-14-29-20-11-8-17(9-12-20)16-4-6-18(7-5-16)24(28)30-21-13-10-19(15-27)22(25)23(21)26/h4-7,10,13,17,20H,2-3,8-9,11-12,14H2,1H3. The maximum atomic E-state index is 13.9. The van der Waals surface area contributed by atoms with Crippen LogP contribution >= 0.6 is 0 Å². The fraction of sp³-hybridized carbons (Fsp3) is 0.417. The zero-order valence-corrected chi connectivity index (χ0v) is 17.0. The number of hydrogen-bond acceptors (Lipinski definition) is 4. The highest BCUT2D eigenvalue weighted by molar-refractivity contribution is 5.91. The monoisotopic (exact) mass is 413 g/mol. The number of benzene rings is 2. The first-order chi connectivity index (χ1) is 14.5. The van der Waals surface area contributed by atoms with Crippen LogP contribution in [0, 0.1) is 23.0 Å². The van der Waals surface area contributed by atoms with Crippen LogP contribution in [0.4, 0.5) is 8.78 Å². The molecular formula is C24H25F2NO3. The van der Waals surface area contributed by atoms with Gasteiger partial charge < -0.3 is 9.47 Å². The van der Waals surface area contributed by atoms with E-state index in [-0.39, 0.29) is 5.56 Å². The highest BCUT2D eigenvalue weighted by Gasteiger charge is 2.23. The molecule has 0 saturated heterocycles. The van der Waals surface area contributed by atoms with Crippen molar-refractivity contribution in [2.24, 2.45) is 0 Å². The summed E-state index contributed by atoms with van der Waals surface area (Å²) in [5.74, 6) is -3.57. The number of hydrogen-bond donors (Lipinski definition) is 0. The predicted octanol–water partition coefficient (Wildman–Crippen LogP) is 5.90. The molecule has 0 heterocycles. The summed E-state index contributed by atoms with van der Waals surface area (Å²) in [6.07, 6.45) is 6.70. The SMILES string of the molecule is CCCCOC1CCC(c2ccc(C(=O)Oc3ccc(C#N)c(F)c3F)cc2)CC1. The number of nitrogens with zero attached hydrogens (tertiary/aromatic N) is 1. The Morgan fingerprint density at radius 3 is 2.40 bits per heavy atom. The van der Waals surface area contributed by atoms with Crippen molar-refractivity contribution in [3.8, 4) is 11.8 Å². The van der Waals surface area contributed by atoms with Crippen LogP contribution in [0.25, 0.3) is 0 Å². The van der Waals surface area contributed by atoms with E-state index < -0.39 is 28.9 Å². The first kappa shape index (κ1) is 21.9. The van der Waals surface area contributed by atoms with Gasteiger partial charge in [0.15, 0.2) is 11.6 Å². The minimum atomic E-state index is -1.35. The summed E-state index contributed by atoms with van der Waals surface area (Å²) in [5.41, 5.74) is 0.954. The van der Waals surface area contributed by atoms with Crippen LogP contribution in [0.2, 0.25) is 0 Å². The van der Waals surface area contributed by atoms with Crippen molar-refractivity contribution in [1.29, 1.82) is 5.26 Å². The van der Waals surface area contributed by atoms with Gasteiger partial charge in [0.1, 0.15) is 6.07 Å². The zero-order chi connectivity index (χ0) is 21.5. The summed E-state index contributed by atoms with van der Waals surface area (Å²) in [6, 6.07) is 10.7. The molecule has 0 unspecified atom stereocenters. The summed E-state index contributed by atoms with van der Waals surface area (Å²) < 4.78 is 38.5. The predicted molar refractivity (Wildman–Crippen MR) is 108 cm³/mol. The van der Waals surface area contributed by atoms with Gasteiger partial charge in [-0.1, -0.05) is 25.5 Å². The van der Waals surface area contributed by atoms with E-state index in [1.165, 1.54) is 6.07 Å². The summed E-state index contributed by atoms with van der Waals surface area (Å²) in [5, 5.41) is 8.72. The molecule has 2 aromatic carbocycles. The van der Waals surface area contributed by atoms with Crippen molar-refractivity contribution < 1.29 is 23.0 Å². The van der Waals surface area contributed by atoms with Gasteiger partial charge in [0.05, 0.1) is 17.2 Å². The third kappa shape index (κ3) is 5.22. The van der Waals surface area contributed by atoms with Crippen LogP contribution in [0.5, 0.6) is 5.75 Å². The molecule has 0 aliphatic heterocycles. The Morgan fingerprint density at radius 2 is 1.77 bits per heavy atom. The maximum absolute atomic E-state index is 13.9. The topological polar surface area (TPSA) is 59.3 Å². The average molecular weight is 413 g/mol. The van der Waals surface area contributed by atoms with Crippen LogP contribution < -0.4 is 4.74 Å². The Hall–Kier alpha value is -2.78. The zero-order valence-electron chi connectivity index (χ0n) is 17.0. The molecule has 0 spiro atoms. The molecule has 0 N–H and O–H groups in total. The number of carbonyl (C=O) groups is 1. The quantitative estimate of drug-likeness (QED) is 0.322. The third-order valence-corrected chi connectivity index (χ3v) is 5.51. The molecule has 6 heteroatoms. The van der Waals surface area contributed by atoms with Gasteiger partial charge in [-0.15, -0.1) is 0 Å². The van der Waals surface area contributed by atoms with Gasteiger partial charge in [-0.3, -0.25) is 0 Å². The molecule has 1 saturated carbocycles. The average Bonchev–Trinajstić information content (AvgIpc) is 2.78. The minimum Gasteiger partial charge on any atom is -0.420 e. The highest BCUT2D eigenvalue weighted by atomic mass is 19.2. The molecule has 0 radical (unpaired) electrons. The highest BCUT2D eigenvalue weighted by Crippen LogP contribution is 2.34. The number of rotatable bonds is 7. The number of unbranched alkanes of at least 4 members (excludes halogenated alkanes) is 1. The lowest BCUT2D eigenvalue weighted by Gasteiger charge is -2.29. The first-order valence-electron chi connectivity index (χ1n) is 10.3. The van der Waals surface area contributed by atoms with Crippen LogP contribution in [0.15, 0.2) is 36.4 Å². The van der Waals surface area contributed by atoms with Crippen molar-refractivity contribution in [2.45, 2.75) is 57.5 Å². The molecule has 0 aromatic heterocycles. The molecule has 1 aliphatic carbocycles. The number of carbonyl (C=O) groups excluding carboxylic acids is 1. The fourth-order valence-corrected chi connectivity index (χ4v) is 3.70. The van der Waals surface area contributed by atoms with E-state index >= 15 is 0 Å². The summed E-state index contributed by atoms with van der Waals surface area (Å²) in [6.45, 7) is 2.98. The minimum absolute atomic E-state index is 0.250. The second kappa shape index (κ2) is 10.3. The lowest BCUT2D eigenvalue weighted by Crippen LogP contribution is -2.21. The van der Waals surface area contributed by atoms with Crippen LogP contribution in [-0.2, 0) is 4.74 Å². The van der Waals surface area contributed by atoms with Gasteiger partial charge in [0.25, 0.3) is 0 Å². The van der Waals surface area contributed by atoms with Crippen LogP contribution in [0.3, 0.4) is 0 Å². The number of ether oxygens (including phenoxy) is 2. The molecular weight excluding hydrogens is 388 g/mol. The summed E-state index contributed by atoms with van der Waals surface area (Å²) >= 11 is 0. The molecule has 30 heavy (non-hydrogen) atoms. The van der Waals surface area contributed by atoms with Gasteiger partial charge in [0.2, 0.25) is 5.82 Å². The molecule has 3 rings (SSSR count). The van der Waals surface area contributed by atoms with E-state index in [0.29, 0.717) is 12.0 Å². The van der Waals surface area contributed by atoms with E-state index in [9.17, 15) is 13.6 Å². The van der Waals surface area contributed by atoms with Gasteiger partial charge in [0, 0.05) is 6.61 Å². The Bertz CT molecular complexity index is 913. The largest absolute Gasteiger partial charge is 0.420 e. The smallest absolute Gasteiger partial charge is 0.343 e. The fourth-order valence-electron chi connectivity index (χ4n) is 3.70. The number of esters is 1. The first-order valence-corrected chi connectivity index (χ1v) is 10.3. The normalized spacial score (nSPS) is 18.6. The second-order valence-corrected chi connectivity index (χ2v) is 7.56. The van der Waals surface area contributed by atoms with E-state index in [1.54, 1.807) is 12.1 Å². The third-order valence-electron chi connectivity index (χ3n) is 5.51. The summed E-state index contributed by atoms with van der Waals surface area (Å²) in [7, 11) is 0. The van der Waals surface area contributed by atoms with E-state index in [1.807, 2.05) is 12.1 Å². The maximum Gasteiger partial charge on any atom is 0.343 e. The molecule has 2 aromatic rings. The van der Waals surface area contributed by atoms with Gasteiger partial charge >= 0.3 is 5.97 Å². The molecule has 1 aliphatic rings. The molecule has 4 nitrogen and oxygen atoms in total. The molecule has 0 amide bonds. The van der Waals surface area contributed by atoms with Gasteiger partial charge in [-0.05, 0) is 67.9 Å². The lowest BCUT2D eigenvalue weighted by molar-refractivity contribution is 0.0232. The van der Waals surface area contributed by atoms with Gasteiger partial charge in [-0.25, -0.2) is 9.18 Å². The Morgan fingerprint density at radius 1 is 1.07 bits per heavy atom. The van der Waals surface area contributed by atoms with E-state index in [4.69, 9.17) is 14.7 Å². The van der Waals surface area contributed by atoms with Crippen molar-refractivity contribution in [2.75, 3.05) is 6.61 Å². The van der Waals surface area contributed by atoms with Crippen molar-refractivity contribution in [3.05, 3.63) is 64.7 Å². The molecule has 1 fully saturated rings. The number of halogens is 2. The van der Waals surface area contributed by atoms with Crippen molar-refractivity contribution >= 4 is 5.97 Å². The molecule has 158 valence electrons.